The third-order valence-corrected chi connectivity index (χ3v) is 6.26. The first kappa shape index (κ1) is 25.8. The van der Waals surface area contributed by atoms with Gasteiger partial charge in [0.1, 0.15) is 11.5 Å². The van der Waals surface area contributed by atoms with E-state index >= 15 is 0 Å². The van der Waals surface area contributed by atoms with Gasteiger partial charge >= 0.3 is 0 Å². The van der Waals surface area contributed by atoms with Crippen molar-refractivity contribution in [1.29, 1.82) is 0 Å². The number of hydrogen-bond acceptors (Lipinski definition) is 7. The van der Waals surface area contributed by atoms with Gasteiger partial charge in [-0.05, 0) is 66.4 Å². The summed E-state index contributed by atoms with van der Waals surface area (Å²) in [5.74, 6) is -0.0806. The van der Waals surface area contributed by atoms with Crippen LogP contribution in [0.1, 0.15) is 41.6 Å². The zero-order chi connectivity index (χ0) is 26.5. The van der Waals surface area contributed by atoms with Crippen molar-refractivity contribution in [1.82, 2.24) is 9.88 Å². The Labute approximate surface area is 216 Å². The Hall–Kier alpha value is -4.33. The molecule has 0 bridgehead atoms. The van der Waals surface area contributed by atoms with Gasteiger partial charge in [0, 0.05) is 24.5 Å². The summed E-state index contributed by atoms with van der Waals surface area (Å²) in [6.07, 6.45) is 4.15. The third-order valence-electron chi connectivity index (χ3n) is 6.26. The summed E-state index contributed by atoms with van der Waals surface area (Å²) < 4.78 is 16.5. The van der Waals surface area contributed by atoms with Crippen LogP contribution in [0.3, 0.4) is 0 Å². The van der Waals surface area contributed by atoms with Crippen LogP contribution in [0, 0.1) is 6.92 Å². The molecule has 2 heterocycles. The summed E-state index contributed by atoms with van der Waals surface area (Å²) in [4.78, 5) is 32.3. The lowest BCUT2D eigenvalue weighted by Crippen LogP contribution is -2.29. The number of ether oxygens (including phenoxy) is 3. The van der Waals surface area contributed by atoms with E-state index in [-0.39, 0.29) is 17.9 Å². The van der Waals surface area contributed by atoms with E-state index in [0.29, 0.717) is 35.0 Å². The maximum Gasteiger partial charge on any atom is 0.295 e. The summed E-state index contributed by atoms with van der Waals surface area (Å²) in [7, 11) is 3.04. The topological polar surface area (TPSA) is 98.2 Å². The van der Waals surface area contributed by atoms with E-state index in [9.17, 15) is 14.7 Å². The minimum atomic E-state index is -0.851. The molecule has 1 atom stereocenters. The average molecular weight is 503 g/mol. The normalized spacial score (nSPS) is 16.6. The fourth-order valence-electron chi connectivity index (χ4n) is 4.46. The van der Waals surface area contributed by atoms with Gasteiger partial charge in [0.15, 0.2) is 11.5 Å². The smallest absolute Gasteiger partial charge is 0.295 e. The van der Waals surface area contributed by atoms with Gasteiger partial charge in [-0.3, -0.25) is 14.6 Å². The summed E-state index contributed by atoms with van der Waals surface area (Å²) in [6.45, 7) is 4.55. The first-order valence-electron chi connectivity index (χ1n) is 12.0. The maximum absolute atomic E-state index is 13.4. The summed E-state index contributed by atoms with van der Waals surface area (Å²) >= 11 is 0. The Bertz CT molecular complexity index is 1340. The van der Waals surface area contributed by atoms with Crippen LogP contribution in [0.15, 0.2) is 66.5 Å². The molecule has 3 aromatic rings. The molecule has 1 amide bonds. The molecule has 1 unspecified atom stereocenters. The van der Waals surface area contributed by atoms with E-state index in [2.05, 4.69) is 4.98 Å². The Morgan fingerprint density at radius 1 is 1.05 bits per heavy atom. The minimum absolute atomic E-state index is 0.00596. The second kappa shape index (κ2) is 11.2. The first-order valence-corrected chi connectivity index (χ1v) is 12.0. The molecule has 192 valence electrons. The summed E-state index contributed by atoms with van der Waals surface area (Å²) in [5, 5.41) is 11.5. The number of carbonyl (C=O) groups excluding carboxylic acids is 2. The van der Waals surface area contributed by atoms with Crippen molar-refractivity contribution in [2.75, 3.05) is 20.8 Å². The van der Waals surface area contributed by atoms with Crippen LogP contribution in [-0.4, -0.2) is 47.5 Å². The molecule has 1 aliphatic rings. The largest absolute Gasteiger partial charge is 0.507 e. The Balaban J connectivity index is 1.86. The fourth-order valence-corrected chi connectivity index (χ4v) is 4.46. The van der Waals surface area contributed by atoms with Crippen LogP contribution in [0.25, 0.3) is 5.76 Å². The Morgan fingerprint density at radius 3 is 2.49 bits per heavy atom. The lowest BCUT2D eigenvalue weighted by atomic mass is 9.93. The van der Waals surface area contributed by atoms with Gasteiger partial charge in [0.2, 0.25) is 0 Å². The predicted molar refractivity (Wildman–Crippen MR) is 139 cm³/mol. The Morgan fingerprint density at radius 2 is 1.84 bits per heavy atom. The lowest BCUT2D eigenvalue weighted by molar-refractivity contribution is -0.140. The minimum Gasteiger partial charge on any atom is -0.507 e. The highest BCUT2D eigenvalue weighted by atomic mass is 16.5. The molecule has 1 saturated heterocycles. The quantitative estimate of drug-likeness (QED) is 0.255. The van der Waals surface area contributed by atoms with Gasteiger partial charge in [0.25, 0.3) is 11.7 Å². The number of ketones is 1. The van der Waals surface area contributed by atoms with Crippen LogP contribution in [-0.2, 0) is 16.1 Å². The molecule has 0 radical (unpaired) electrons. The van der Waals surface area contributed by atoms with Crippen molar-refractivity contribution < 1.29 is 28.9 Å². The number of methoxy groups -OCH3 is 2. The lowest BCUT2D eigenvalue weighted by Gasteiger charge is -2.26. The molecule has 4 rings (SSSR count). The van der Waals surface area contributed by atoms with Crippen LogP contribution in [0.4, 0.5) is 0 Å². The van der Waals surface area contributed by atoms with Gasteiger partial charge in [-0.15, -0.1) is 0 Å². The van der Waals surface area contributed by atoms with E-state index in [1.54, 1.807) is 48.8 Å². The zero-order valence-electron chi connectivity index (χ0n) is 21.4. The molecule has 1 aromatic heterocycles. The Kier molecular flexibility index (Phi) is 7.77. The van der Waals surface area contributed by atoms with E-state index < -0.39 is 17.7 Å². The molecule has 2 aromatic carbocycles. The van der Waals surface area contributed by atoms with E-state index in [0.717, 1.165) is 17.5 Å². The molecule has 8 heteroatoms. The zero-order valence-corrected chi connectivity index (χ0v) is 21.4. The molecule has 1 fully saturated rings. The average Bonchev–Trinajstić information content (AvgIpc) is 3.16. The number of pyridine rings is 1. The number of aromatic nitrogens is 1. The molecule has 8 nitrogen and oxygen atoms in total. The van der Waals surface area contributed by atoms with E-state index in [4.69, 9.17) is 14.2 Å². The van der Waals surface area contributed by atoms with Crippen molar-refractivity contribution in [2.24, 2.45) is 0 Å². The number of aliphatic hydroxyl groups excluding tert-OH is 1. The second-order valence-electron chi connectivity index (χ2n) is 8.73. The van der Waals surface area contributed by atoms with Crippen molar-refractivity contribution in [3.63, 3.8) is 0 Å². The molecule has 1 aliphatic heterocycles. The van der Waals surface area contributed by atoms with Crippen molar-refractivity contribution in [3.8, 4) is 17.2 Å². The number of amides is 1. The number of rotatable bonds is 9. The number of Topliss-reactive ketones (excluding diaryl/α,β-unsaturated/α-hetero) is 1. The molecule has 0 aliphatic carbocycles. The van der Waals surface area contributed by atoms with Crippen LogP contribution >= 0.6 is 0 Å². The monoisotopic (exact) mass is 502 g/mol. The summed E-state index contributed by atoms with van der Waals surface area (Å²) in [5.41, 5.74) is 2.53. The SMILES string of the molecule is CCCOc1ccc(C(O)=C2C(=O)C(=O)N(Cc3cccnc3)C2c2ccc(OC)c(OC)c2)c(C)c1. The molecular weight excluding hydrogens is 472 g/mol. The summed E-state index contributed by atoms with van der Waals surface area (Å²) in [6, 6.07) is 13.2. The number of nitrogens with zero attached hydrogens (tertiary/aromatic N) is 2. The number of carbonyl (C=O) groups is 2. The molecule has 37 heavy (non-hydrogen) atoms. The highest BCUT2D eigenvalue weighted by Crippen LogP contribution is 2.43. The predicted octanol–water partition coefficient (Wildman–Crippen LogP) is 4.82. The highest BCUT2D eigenvalue weighted by Gasteiger charge is 2.46. The molecule has 0 saturated carbocycles. The van der Waals surface area contributed by atoms with Gasteiger partial charge in [-0.25, -0.2) is 0 Å². The van der Waals surface area contributed by atoms with E-state index in [1.807, 2.05) is 26.0 Å². The number of likely N-dealkylation sites (tertiary alicyclic amines) is 1. The number of aliphatic hydroxyl groups is 1. The van der Waals surface area contributed by atoms with Crippen LogP contribution in [0.5, 0.6) is 17.2 Å². The van der Waals surface area contributed by atoms with Gasteiger partial charge in [-0.2, -0.15) is 0 Å². The van der Waals surface area contributed by atoms with Crippen LogP contribution < -0.4 is 14.2 Å². The van der Waals surface area contributed by atoms with E-state index in [1.165, 1.54) is 19.1 Å². The van der Waals surface area contributed by atoms with Gasteiger partial charge in [-0.1, -0.05) is 19.1 Å². The second-order valence-corrected chi connectivity index (χ2v) is 8.73. The first-order chi connectivity index (χ1) is 17.9. The third kappa shape index (κ3) is 5.14. The van der Waals surface area contributed by atoms with Crippen molar-refractivity contribution >= 4 is 17.4 Å². The molecular formula is C29H30N2O6. The van der Waals surface area contributed by atoms with Crippen molar-refractivity contribution in [3.05, 3.63) is 88.8 Å². The highest BCUT2D eigenvalue weighted by molar-refractivity contribution is 6.46. The van der Waals surface area contributed by atoms with Crippen molar-refractivity contribution in [2.45, 2.75) is 32.9 Å². The standard InChI is InChI=1S/C29H30N2O6/c1-5-13-37-21-9-10-22(18(2)14-21)27(32)25-26(20-8-11-23(35-3)24(15-20)36-4)31(29(34)28(25)33)17-19-7-6-12-30-16-19/h6-12,14-16,26,32H,5,13,17H2,1-4H3. The number of aryl methyl sites for hydroxylation is 1. The maximum atomic E-state index is 13.4. The number of hydrogen-bond donors (Lipinski definition) is 1. The van der Waals surface area contributed by atoms with Gasteiger partial charge in [0.05, 0.1) is 32.4 Å². The van der Waals surface area contributed by atoms with Crippen LogP contribution in [0.2, 0.25) is 0 Å². The fraction of sp³-hybridized carbons (Fsp3) is 0.276. The van der Waals surface area contributed by atoms with Gasteiger partial charge < -0.3 is 24.2 Å². The molecule has 1 N–H and O–H groups in total. The molecule has 0 spiro atoms. The number of benzene rings is 2.